The second kappa shape index (κ2) is 8.05. The van der Waals surface area contributed by atoms with E-state index < -0.39 is 35.5 Å². The lowest BCUT2D eigenvalue weighted by Gasteiger charge is -2.27. The number of hydrogen-bond acceptors (Lipinski definition) is 3. The van der Waals surface area contributed by atoms with Crippen LogP contribution < -0.4 is 5.32 Å². The molecule has 0 aliphatic heterocycles. The normalized spacial score (nSPS) is 15.4. The average molecular weight is 394 g/mol. The maximum Gasteiger partial charge on any atom is 0.317 e. The topological polar surface area (TPSA) is 55.4 Å². The van der Waals surface area contributed by atoms with Crippen LogP contribution in [0.2, 0.25) is 5.02 Å². The summed E-state index contributed by atoms with van der Waals surface area (Å²) in [6.07, 6.45) is 3.01. The van der Waals surface area contributed by atoms with E-state index >= 15 is 0 Å². The van der Waals surface area contributed by atoms with Gasteiger partial charge in [-0.05, 0) is 42.7 Å². The Morgan fingerprint density at radius 3 is 2.37 bits per heavy atom. The first-order chi connectivity index (χ1) is 12.9. The molecule has 1 aliphatic carbocycles. The molecule has 1 N–H and O–H groups in total. The quantitative estimate of drug-likeness (QED) is 0.754. The van der Waals surface area contributed by atoms with Crippen LogP contribution in [0.3, 0.4) is 0 Å². The van der Waals surface area contributed by atoms with E-state index in [1.165, 1.54) is 0 Å². The van der Waals surface area contributed by atoms with E-state index in [1.54, 1.807) is 24.3 Å². The van der Waals surface area contributed by atoms with Crippen molar-refractivity contribution in [1.82, 2.24) is 0 Å². The molecule has 27 heavy (non-hydrogen) atoms. The maximum atomic E-state index is 13.6. The molecule has 1 amide bonds. The summed E-state index contributed by atoms with van der Waals surface area (Å²) in [6.45, 7) is -0.551. The molecule has 142 valence electrons. The smallest absolute Gasteiger partial charge is 0.317 e. The number of hydrogen-bond donors (Lipinski definition) is 1. The van der Waals surface area contributed by atoms with Crippen LogP contribution in [0, 0.1) is 11.6 Å². The van der Waals surface area contributed by atoms with Gasteiger partial charge in [-0.3, -0.25) is 9.59 Å². The van der Waals surface area contributed by atoms with Crippen molar-refractivity contribution in [3.8, 4) is 0 Å². The Hall–Kier alpha value is -2.47. The van der Waals surface area contributed by atoms with E-state index in [0.29, 0.717) is 23.9 Å². The Morgan fingerprint density at radius 2 is 1.74 bits per heavy atom. The molecule has 1 aliphatic rings. The number of ether oxygens (including phenoxy) is 1. The third-order valence-electron chi connectivity index (χ3n) is 4.78. The summed E-state index contributed by atoms with van der Waals surface area (Å²) in [5.41, 5.74) is -0.170. The van der Waals surface area contributed by atoms with Gasteiger partial charge in [-0.15, -0.1) is 0 Å². The van der Waals surface area contributed by atoms with Crippen LogP contribution >= 0.6 is 11.6 Å². The van der Waals surface area contributed by atoms with E-state index in [1.807, 2.05) is 0 Å². The van der Waals surface area contributed by atoms with Gasteiger partial charge in [0.2, 0.25) is 0 Å². The van der Waals surface area contributed by atoms with Crippen LogP contribution in [0.15, 0.2) is 42.5 Å². The fourth-order valence-corrected chi connectivity index (χ4v) is 3.53. The minimum Gasteiger partial charge on any atom is -0.455 e. The van der Waals surface area contributed by atoms with Gasteiger partial charge in [-0.2, -0.15) is 0 Å². The summed E-state index contributed by atoms with van der Waals surface area (Å²) in [7, 11) is 0. The van der Waals surface area contributed by atoms with Crippen molar-refractivity contribution in [2.75, 3.05) is 11.9 Å². The molecule has 0 spiro atoms. The summed E-state index contributed by atoms with van der Waals surface area (Å²) in [5, 5.41) is 2.84. The second-order valence-corrected chi connectivity index (χ2v) is 6.98. The summed E-state index contributed by atoms with van der Waals surface area (Å²) in [4.78, 5) is 24.8. The van der Waals surface area contributed by atoms with Gasteiger partial charge < -0.3 is 10.1 Å². The van der Waals surface area contributed by atoms with Gasteiger partial charge in [0.25, 0.3) is 5.91 Å². The fourth-order valence-electron chi connectivity index (χ4n) is 3.40. The number of amides is 1. The molecule has 1 fully saturated rings. The number of carbonyl (C=O) groups excluding carboxylic acids is 2. The standard InChI is InChI=1S/C20H18ClF2NO3/c21-14-5-3-13(4-6-14)20(9-1-2-10-20)19(26)27-12-18(25)24-17-8-7-15(22)11-16(17)23/h3-8,11H,1-2,9-10,12H2,(H,24,25). The van der Waals surface area contributed by atoms with Crippen molar-refractivity contribution in [3.05, 3.63) is 64.7 Å². The van der Waals surface area contributed by atoms with Crippen molar-refractivity contribution in [3.63, 3.8) is 0 Å². The predicted octanol–water partition coefficient (Wildman–Crippen LogP) is 4.61. The Labute approximate surface area is 160 Å². The Kier molecular flexibility index (Phi) is 5.75. The maximum absolute atomic E-state index is 13.6. The van der Waals surface area contributed by atoms with Gasteiger partial charge >= 0.3 is 5.97 Å². The number of benzene rings is 2. The first-order valence-electron chi connectivity index (χ1n) is 8.59. The number of esters is 1. The first-order valence-corrected chi connectivity index (χ1v) is 8.97. The lowest BCUT2D eigenvalue weighted by atomic mass is 9.79. The highest BCUT2D eigenvalue weighted by atomic mass is 35.5. The van der Waals surface area contributed by atoms with Crippen LogP contribution in [0.4, 0.5) is 14.5 Å². The largest absolute Gasteiger partial charge is 0.455 e. The van der Waals surface area contributed by atoms with E-state index in [-0.39, 0.29) is 5.69 Å². The molecule has 4 nitrogen and oxygen atoms in total. The molecule has 7 heteroatoms. The lowest BCUT2D eigenvalue weighted by molar-refractivity contribution is -0.153. The highest BCUT2D eigenvalue weighted by Crippen LogP contribution is 2.42. The fraction of sp³-hybridized carbons (Fsp3) is 0.300. The van der Waals surface area contributed by atoms with Crippen molar-refractivity contribution in [2.24, 2.45) is 0 Å². The molecule has 0 saturated heterocycles. The monoisotopic (exact) mass is 393 g/mol. The first kappa shape index (κ1) is 19.3. The van der Waals surface area contributed by atoms with Crippen molar-refractivity contribution >= 4 is 29.2 Å². The molecule has 0 radical (unpaired) electrons. The highest BCUT2D eigenvalue weighted by Gasteiger charge is 2.44. The van der Waals surface area contributed by atoms with Crippen LogP contribution in [0.5, 0.6) is 0 Å². The SMILES string of the molecule is O=C(COC(=O)C1(c2ccc(Cl)cc2)CCCC1)Nc1ccc(F)cc1F. The molecule has 1 saturated carbocycles. The van der Waals surface area contributed by atoms with E-state index in [4.69, 9.17) is 16.3 Å². The zero-order valence-electron chi connectivity index (χ0n) is 14.4. The molecule has 0 atom stereocenters. The van der Waals surface area contributed by atoms with Gasteiger partial charge in [0.15, 0.2) is 6.61 Å². The summed E-state index contributed by atoms with van der Waals surface area (Å²) >= 11 is 5.92. The molecule has 3 rings (SSSR count). The number of rotatable bonds is 5. The number of anilines is 1. The number of nitrogens with one attached hydrogen (secondary N) is 1. The van der Waals surface area contributed by atoms with Gasteiger partial charge in [-0.25, -0.2) is 8.78 Å². The van der Waals surface area contributed by atoms with E-state index in [0.717, 1.165) is 30.5 Å². The Morgan fingerprint density at radius 1 is 1.07 bits per heavy atom. The number of halogens is 3. The second-order valence-electron chi connectivity index (χ2n) is 6.54. The Bertz CT molecular complexity index is 849. The van der Waals surface area contributed by atoms with Crippen molar-refractivity contribution < 1.29 is 23.1 Å². The third kappa shape index (κ3) is 4.27. The molecule has 2 aromatic carbocycles. The minimum absolute atomic E-state index is 0.175. The third-order valence-corrected chi connectivity index (χ3v) is 5.04. The van der Waals surface area contributed by atoms with E-state index in [9.17, 15) is 18.4 Å². The molecule has 0 aromatic heterocycles. The van der Waals surface area contributed by atoms with Crippen LogP contribution in [0.25, 0.3) is 0 Å². The van der Waals surface area contributed by atoms with Gasteiger partial charge in [0.1, 0.15) is 11.6 Å². The molecule has 0 bridgehead atoms. The zero-order valence-corrected chi connectivity index (χ0v) is 15.2. The summed E-state index contributed by atoms with van der Waals surface area (Å²) < 4.78 is 31.7. The molecule has 0 unspecified atom stereocenters. The van der Waals surface area contributed by atoms with Gasteiger partial charge in [0.05, 0.1) is 11.1 Å². The van der Waals surface area contributed by atoms with Crippen LogP contribution in [-0.2, 0) is 19.7 Å². The van der Waals surface area contributed by atoms with Crippen molar-refractivity contribution in [1.29, 1.82) is 0 Å². The Balaban J connectivity index is 1.66. The van der Waals surface area contributed by atoms with E-state index in [2.05, 4.69) is 5.32 Å². The minimum atomic E-state index is -0.900. The van der Waals surface area contributed by atoms with Crippen molar-refractivity contribution in [2.45, 2.75) is 31.1 Å². The zero-order chi connectivity index (χ0) is 19.4. The van der Waals surface area contributed by atoms with Crippen LogP contribution in [-0.4, -0.2) is 18.5 Å². The average Bonchev–Trinajstić information content (AvgIpc) is 3.14. The van der Waals surface area contributed by atoms with Gasteiger partial charge in [-0.1, -0.05) is 36.6 Å². The highest BCUT2D eigenvalue weighted by molar-refractivity contribution is 6.30. The summed E-state index contributed by atoms with van der Waals surface area (Å²) in [6, 6.07) is 9.82. The summed E-state index contributed by atoms with van der Waals surface area (Å²) in [5.74, 6) is -2.83. The molecular weight excluding hydrogens is 376 g/mol. The lowest BCUT2D eigenvalue weighted by Crippen LogP contribution is -2.36. The molecule has 2 aromatic rings. The van der Waals surface area contributed by atoms with Crippen LogP contribution in [0.1, 0.15) is 31.2 Å². The van der Waals surface area contributed by atoms with Gasteiger partial charge in [0, 0.05) is 11.1 Å². The predicted molar refractivity (Wildman–Crippen MR) is 97.5 cm³/mol. The molecular formula is C20H18ClF2NO3. The molecule has 0 heterocycles. The number of carbonyl (C=O) groups is 2.